The number of hydrogen-bond donors (Lipinski definition) is 0. The summed E-state index contributed by atoms with van der Waals surface area (Å²) in [5.74, 6) is -0.311. The standard InChI is InChI=1S/C31H27NO2/c1-23-18-20-26(21-19-23)31(30(33)34-2)28(24-12-6-3-7-13-24)22-29(25-14-8-4-9-15-25)32(31)27-16-10-5-11-17-27/h3-22,29H,1-2H3. The first-order valence-corrected chi connectivity index (χ1v) is 11.5. The lowest BCUT2D eigenvalue weighted by atomic mass is 9.79. The van der Waals surface area contributed by atoms with Gasteiger partial charge in [-0.25, -0.2) is 4.79 Å². The fourth-order valence-electron chi connectivity index (χ4n) is 5.02. The van der Waals surface area contributed by atoms with Crippen LogP contribution in [-0.4, -0.2) is 13.1 Å². The van der Waals surface area contributed by atoms with Gasteiger partial charge in [0.15, 0.2) is 5.54 Å². The largest absolute Gasteiger partial charge is 0.467 e. The zero-order chi connectivity index (χ0) is 23.5. The van der Waals surface area contributed by atoms with Crippen molar-refractivity contribution in [3.05, 3.63) is 144 Å². The maximum atomic E-state index is 14.1. The number of carbonyl (C=O) groups excluding carboxylic acids is 1. The highest BCUT2D eigenvalue weighted by Gasteiger charge is 2.56. The van der Waals surface area contributed by atoms with Crippen molar-refractivity contribution in [3.8, 4) is 0 Å². The first-order chi connectivity index (χ1) is 16.7. The van der Waals surface area contributed by atoms with E-state index in [0.717, 1.165) is 33.5 Å². The molecule has 0 aromatic heterocycles. The summed E-state index contributed by atoms with van der Waals surface area (Å²) in [6.45, 7) is 2.05. The predicted octanol–water partition coefficient (Wildman–Crippen LogP) is 6.71. The zero-order valence-electron chi connectivity index (χ0n) is 19.4. The molecule has 0 radical (unpaired) electrons. The van der Waals surface area contributed by atoms with Crippen molar-refractivity contribution in [1.29, 1.82) is 0 Å². The van der Waals surface area contributed by atoms with Crippen LogP contribution in [0.3, 0.4) is 0 Å². The molecule has 0 amide bonds. The molecule has 0 saturated heterocycles. The highest BCUT2D eigenvalue weighted by atomic mass is 16.5. The number of ether oxygens (including phenoxy) is 1. The summed E-state index contributed by atoms with van der Waals surface area (Å²) in [5, 5.41) is 0. The van der Waals surface area contributed by atoms with E-state index in [1.165, 1.54) is 7.11 Å². The Kier molecular flexibility index (Phi) is 5.77. The summed E-state index contributed by atoms with van der Waals surface area (Å²) < 4.78 is 5.59. The molecule has 2 atom stereocenters. The molecule has 3 heteroatoms. The molecule has 0 spiro atoms. The third-order valence-electron chi connectivity index (χ3n) is 6.56. The summed E-state index contributed by atoms with van der Waals surface area (Å²) in [4.78, 5) is 16.3. The number of nitrogens with zero attached hydrogens (tertiary/aromatic N) is 1. The third kappa shape index (κ3) is 3.50. The first kappa shape index (κ1) is 21.7. The average molecular weight is 446 g/mol. The van der Waals surface area contributed by atoms with Crippen molar-refractivity contribution < 1.29 is 9.53 Å². The van der Waals surface area contributed by atoms with Gasteiger partial charge < -0.3 is 9.64 Å². The van der Waals surface area contributed by atoms with Crippen LogP contribution in [-0.2, 0) is 15.1 Å². The van der Waals surface area contributed by atoms with Crippen LogP contribution in [0.4, 0.5) is 5.69 Å². The van der Waals surface area contributed by atoms with Crippen LogP contribution in [0.5, 0.6) is 0 Å². The van der Waals surface area contributed by atoms with Crippen molar-refractivity contribution in [2.24, 2.45) is 0 Å². The van der Waals surface area contributed by atoms with E-state index in [0.29, 0.717) is 0 Å². The van der Waals surface area contributed by atoms with Crippen molar-refractivity contribution in [3.63, 3.8) is 0 Å². The van der Waals surface area contributed by atoms with Crippen LogP contribution in [0.1, 0.15) is 28.3 Å². The van der Waals surface area contributed by atoms with E-state index in [-0.39, 0.29) is 12.0 Å². The number of anilines is 1. The van der Waals surface area contributed by atoms with Gasteiger partial charge in [-0.1, -0.05) is 115 Å². The predicted molar refractivity (Wildman–Crippen MR) is 137 cm³/mol. The Morgan fingerprint density at radius 3 is 1.91 bits per heavy atom. The molecule has 1 aliphatic rings. The SMILES string of the molecule is COC(=O)C1(c2ccc(C)cc2)C(c2ccccc2)=CC(c2ccccc2)N1c1ccccc1. The lowest BCUT2D eigenvalue weighted by Crippen LogP contribution is -2.51. The number of hydrogen-bond acceptors (Lipinski definition) is 3. The van der Waals surface area contributed by atoms with E-state index < -0.39 is 5.54 Å². The second-order valence-corrected chi connectivity index (χ2v) is 8.58. The highest BCUT2D eigenvalue weighted by Crippen LogP contribution is 2.54. The normalized spacial score (nSPS) is 19.5. The van der Waals surface area contributed by atoms with Crippen LogP contribution in [0.2, 0.25) is 0 Å². The molecular formula is C31H27NO2. The lowest BCUT2D eigenvalue weighted by molar-refractivity contribution is -0.145. The maximum absolute atomic E-state index is 14.1. The first-order valence-electron chi connectivity index (χ1n) is 11.5. The minimum atomic E-state index is -1.16. The molecule has 1 heterocycles. The summed E-state index contributed by atoms with van der Waals surface area (Å²) >= 11 is 0. The second kappa shape index (κ2) is 9.03. The van der Waals surface area contributed by atoms with Gasteiger partial charge in [0.1, 0.15) is 0 Å². The summed E-state index contributed by atoms with van der Waals surface area (Å²) in [5.41, 5.74) is 4.82. The molecule has 0 bridgehead atoms. The van der Waals surface area contributed by atoms with Crippen LogP contribution in [0.25, 0.3) is 5.57 Å². The van der Waals surface area contributed by atoms with Crippen molar-refractivity contribution in [1.82, 2.24) is 0 Å². The monoisotopic (exact) mass is 445 g/mol. The Morgan fingerprint density at radius 2 is 1.32 bits per heavy atom. The topological polar surface area (TPSA) is 29.5 Å². The molecule has 5 rings (SSSR count). The van der Waals surface area contributed by atoms with Gasteiger partial charge in [-0.15, -0.1) is 0 Å². The van der Waals surface area contributed by atoms with Gasteiger partial charge in [-0.05, 0) is 41.3 Å². The Hall–Kier alpha value is -4.11. The van der Waals surface area contributed by atoms with Crippen LogP contribution in [0.15, 0.2) is 121 Å². The van der Waals surface area contributed by atoms with Crippen molar-refractivity contribution in [2.45, 2.75) is 18.5 Å². The minimum absolute atomic E-state index is 0.167. The maximum Gasteiger partial charge on any atom is 0.341 e. The molecule has 2 unspecified atom stereocenters. The van der Waals surface area contributed by atoms with Gasteiger partial charge in [0.2, 0.25) is 0 Å². The van der Waals surface area contributed by atoms with Crippen LogP contribution < -0.4 is 4.90 Å². The molecule has 0 N–H and O–H groups in total. The molecule has 0 aliphatic carbocycles. The summed E-state index contributed by atoms with van der Waals surface area (Å²) in [6.07, 6.45) is 2.22. The van der Waals surface area contributed by atoms with E-state index >= 15 is 0 Å². The van der Waals surface area contributed by atoms with E-state index in [9.17, 15) is 4.79 Å². The van der Waals surface area contributed by atoms with Gasteiger partial charge in [-0.2, -0.15) is 0 Å². The number of aryl methyl sites for hydroxylation is 1. The highest BCUT2D eigenvalue weighted by molar-refractivity contribution is 6.05. The van der Waals surface area contributed by atoms with Crippen LogP contribution >= 0.6 is 0 Å². The Labute approximate surface area is 200 Å². The van der Waals surface area contributed by atoms with E-state index in [4.69, 9.17) is 4.74 Å². The zero-order valence-corrected chi connectivity index (χ0v) is 19.4. The fraction of sp³-hybridized carbons (Fsp3) is 0.129. The summed E-state index contributed by atoms with van der Waals surface area (Å²) in [6, 6.07) is 38.6. The van der Waals surface area contributed by atoms with E-state index in [2.05, 4.69) is 66.4 Å². The van der Waals surface area contributed by atoms with Gasteiger partial charge in [0.05, 0.1) is 13.2 Å². The second-order valence-electron chi connectivity index (χ2n) is 8.58. The van der Waals surface area contributed by atoms with Crippen molar-refractivity contribution >= 4 is 17.2 Å². The molecule has 168 valence electrons. The number of rotatable bonds is 5. The van der Waals surface area contributed by atoms with Gasteiger partial charge in [0, 0.05) is 5.69 Å². The van der Waals surface area contributed by atoms with E-state index in [1.807, 2.05) is 66.7 Å². The third-order valence-corrected chi connectivity index (χ3v) is 6.56. The fourth-order valence-corrected chi connectivity index (χ4v) is 5.02. The smallest absolute Gasteiger partial charge is 0.341 e. The molecule has 1 aliphatic heterocycles. The Balaban J connectivity index is 1.87. The number of benzene rings is 4. The molecular weight excluding hydrogens is 418 g/mol. The lowest BCUT2D eigenvalue weighted by Gasteiger charge is -2.43. The van der Waals surface area contributed by atoms with Gasteiger partial charge >= 0.3 is 5.97 Å². The molecule has 3 nitrogen and oxygen atoms in total. The number of esters is 1. The number of methoxy groups -OCH3 is 1. The average Bonchev–Trinajstić information content (AvgIpc) is 3.27. The molecule has 0 saturated carbocycles. The Bertz CT molecular complexity index is 1300. The molecule has 0 fully saturated rings. The Morgan fingerprint density at radius 1 is 0.765 bits per heavy atom. The number of carbonyl (C=O) groups is 1. The van der Waals surface area contributed by atoms with Crippen LogP contribution in [0, 0.1) is 6.92 Å². The number of para-hydroxylation sites is 1. The molecule has 34 heavy (non-hydrogen) atoms. The van der Waals surface area contributed by atoms with Crippen molar-refractivity contribution in [2.75, 3.05) is 12.0 Å². The quantitative estimate of drug-likeness (QED) is 0.320. The molecule has 4 aromatic carbocycles. The minimum Gasteiger partial charge on any atom is -0.467 e. The van der Waals surface area contributed by atoms with Gasteiger partial charge in [-0.3, -0.25) is 0 Å². The van der Waals surface area contributed by atoms with Gasteiger partial charge in [0.25, 0.3) is 0 Å². The summed E-state index contributed by atoms with van der Waals surface area (Å²) in [7, 11) is 1.47. The van der Waals surface area contributed by atoms with E-state index in [1.54, 1.807) is 0 Å². The molecule has 4 aromatic rings.